The third kappa shape index (κ3) is 6.12. The van der Waals surface area contributed by atoms with Crippen LogP contribution in [0.3, 0.4) is 0 Å². The molecule has 0 unspecified atom stereocenters. The molecule has 5 N–H and O–H groups in total. The Bertz CT molecular complexity index is 489. The minimum Gasteiger partial charge on any atom is -0.405 e. The van der Waals surface area contributed by atoms with Crippen molar-refractivity contribution in [1.29, 1.82) is 0 Å². The zero-order valence-corrected chi connectivity index (χ0v) is 10.8. The van der Waals surface area contributed by atoms with E-state index < -0.39 is 6.03 Å². The molecule has 0 radical (unpaired) electrons. The molecule has 0 saturated carbocycles. The number of urea groups is 1. The van der Waals surface area contributed by atoms with Crippen LogP contribution in [-0.4, -0.2) is 6.03 Å². The molecule has 4 heteroatoms. The first-order valence-corrected chi connectivity index (χ1v) is 6.00. The maximum absolute atomic E-state index is 10.7. The number of allylic oxidation sites excluding steroid dienone is 3. The Hall–Kier alpha value is -2.49. The summed E-state index contributed by atoms with van der Waals surface area (Å²) in [5.41, 5.74) is 13.1. The number of carbonyl (C=O) groups excluding carboxylic acids is 1. The molecule has 1 aromatic carbocycles. The van der Waals surface area contributed by atoms with Crippen molar-refractivity contribution in [3.8, 4) is 0 Å². The SMILES string of the molecule is C=C(/C=C(\C=C/N)CCc1ccccc1)NC(N)=O. The number of hydrogen-bond donors (Lipinski definition) is 3. The van der Waals surface area contributed by atoms with Crippen LogP contribution in [0, 0.1) is 0 Å². The molecule has 1 aromatic rings. The molecule has 1 rings (SSSR count). The number of hydrogen-bond acceptors (Lipinski definition) is 2. The number of aryl methyl sites for hydroxylation is 1. The first kappa shape index (κ1) is 14.6. The highest BCUT2D eigenvalue weighted by Crippen LogP contribution is 2.11. The molecule has 0 aliphatic rings. The Morgan fingerprint density at radius 2 is 2.00 bits per heavy atom. The van der Waals surface area contributed by atoms with Gasteiger partial charge < -0.3 is 16.8 Å². The van der Waals surface area contributed by atoms with E-state index in [-0.39, 0.29) is 0 Å². The molecule has 0 saturated heterocycles. The number of nitrogens with two attached hydrogens (primary N) is 2. The molecule has 19 heavy (non-hydrogen) atoms. The van der Waals surface area contributed by atoms with Crippen molar-refractivity contribution in [2.45, 2.75) is 12.8 Å². The summed E-state index contributed by atoms with van der Waals surface area (Å²) >= 11 is 0. The smallest absolute Gasteiger partial charge is 0.316 e. The average Bonchev–Trinajstić information content (AvgIpc) is 2.36. The van der Waals surface area contributed by atoms with Crippen LogP contribution in [0.1, 0.15) is 12.0 Å². The quantitative estimate of drug-likeness (QED) is 0.683. The topological polar surface area (TPSA) is 81.1 Å². The normalized spacial score (nSPS) is 11.5. The van der Waals surface area contributed by atoms with E-state index in [1.807, 2.05) is 18.2 Å². The summed E-state index contributed by atoms with van der Waals surface area (Å²) in [6.07, 6.45) is 6.71. The van der Waals surface area contributed by atoms with Crippen molar-refractivity contribution in [2.24, 2.45) is 11.5 Å². The minimum atomic E-state index is -0.625. The van der Waals surface area contributed by atoms with Crippen molar-refractivity contribution < 1.29 is 4.79 Å². The number of primary amides is 1. The van der Waals surface area contributed by atoms with Crippen LogP contribution in [0.5, 0.6) is 0 Å². The average molecular weight is 257 g/mol. The fourth-order valence-corrected chi connectivity index (χ4v) is 1.68. The van der Waals surface area contributed by atoms with Crippen molar-refractivity contribution in [2.75, 3.05) is 0 Å². The van der Waals surface area contributed by atoms with E-state index in [9.17, 15) is 4.79 Å². The number of carbonyl (C=O) groups is 1. The molecule has 0 fully saturated rings. The molecular formula is C15H19N3O. The molecule has 0 heterocycles. The largest absolute Gasteiger partial charge is 0.405 e. The second-order valence-electron chi connectivity index (χ2n) is 4.08. The van der Waals surface area contributed by atoms with Crippen molar-refractivity contribution in [3.63, 3.8) is 0 Å². The Balaban J connectivity index is 2.65. The van der Waals surface area contributed by atoms with Crippen LogP contribution < -0.4 is 16.8 Å². The molecule has 0 bridgehead atoms. The molecular weight excluding hydrogens is 238 g/mol. The van der Waals surface area contributed by atoms with E-state index in [4.69, 9.17) is 11.5 Å². The zero-order valence-electron chi connectivity index (χ0n) is 10.8. The van der Waals surface area contributed by atoms with Gasteiger partial charge in [0, 0.05) is 5.70 Å². The van der Waals surface area contributed by atoms with Crippen LogP contribution in [0.4, 0.5) is 4.79 Å². The summed E-state index contributed by atoms with van der Waals surface area (Å²) < 4.78 is 0. The van der Waals surface area contributed by atoms with Gasteiger partial charge in [-0.1, -0.05) is 36.9 Å². The number of benzene rings is 1. The summed E-state index contributed by atoms with van der Waals surface area (Å²) in [4.78, 5) is 10.7. The zero-order chi connectivity index (χ0) is 14.1. The van der Waals surface area contributed by atoms with Gasteiger partial charge in [0.25, 0.3) is 0 Å². The van der Waals surface area contributed by atoms with Gasteiger partial charge in [0.15, 0.2) is 0 Å². The second kappa shape index (κ2) is 7.76. The van der Waals surface area contributed by atoms with Gasteiger partial charge in [-0.15, -0.1) is 0 Å². The highest BCUT2D eigenvalue weighted by molar-refractivity contribution is 5.74. The summed E-state index contributed by atoms with van der Waals surface area (Å²) in [6.45, 7) is 3.71. The van der Waals surface area contributed by atoms with Crippen LogP contribution in [-0.2, 0) is 6.42 Å². The van der Waals surface area contributed by atoms with Gasteiger partial charge in [0.05, 0.1) is 0 Å². The van der Waals surface area contributed by atoms with Crippen LogP contribution >= 0.6 is 0 Å². The second-order valence-corrected chi connectivity index (χ2v) is 4.08. The van der Waals surface area contributed by atoms with Crippen molar-refractivity contribution >= 4 is 6.03 Å². The monoisotopic (exact) mass is 257 g/mol. The van der Waals surface area contributed by atoms with Gasteiger partial charge in [0.2, 0.25) is 0 Å². The molecule has 4 nitrogen and oxygen atoms in total. The van der Waals surface area contributed by atoms with Gasteiger partial charge in [-0.25, -0.2) is 4.79 Å². The summed E-state index contributed by atoms with van der Waals surface area (Å²) in [6, 6.07) is 9.51. The Kier molecular flexibility index (Phi) is 5.95. The van der Waals surface area contributed by atoms with Gasteiger partial charge >= 0.3 is 6.03 Å². The van der Waals surface area contributed by atoms with E-state index in [1.165, 1.54) is 11.8 Å². The van der Waals surface area contributed by atoms with E-state index in [0.29, 0.717) is 5.70 Å². The first-order chi connectivity index (χ1) is 9.11. The van der Waals surface area contributed by atoms with Crippen LogP contribution in [0.25, 0.3) is 0 Å². The number of rotatable bonds is 6. The summed E-state index contributed by atoms with van der Waals surface area (Å²) in [5.74, 6) is 0. The predicted molar refractivity (Wildman–Crippen MR) is 78.0 cm³/mol. The maximum atomic E-state index is 10.7. The maximum Gasteiger partial charge on any atom is 0.316 e. The van der Waals surface area contributed by atoms with Crippen LogP contribution in [0.2, 0.25) is 0 Å². The fraction of sp³-hybridized carbons (Fsp3) is 0.133. The van der Waals surface area contributed by atoms with E-state index in [0.717, 1.165) is 18.4 Å². The van der Waals surface area contributed by atoms with E-state index >= 15 is 0 Å². The Labute approximate surface area is 113 Å². The van der Waals surface area contributed by atoms with Crippen molar-refractivity contribution in [1.82, 2.24) is 5.32 Å². The lowest BCUT2D eigenvalue weighted by molar-refractivity contribution is 0.251. The molecule has 0 aromatic heterocycles. The third-order valence-corrected chi connectivity index (χ3v) is 2.50. The van der Waals surface area contributed by atoms with E-state index in [2.05, 4.69) is 24.0 Å². The molecule has 0 spiro atoms. The lowest BCUT2D eigenvalue weighted by Crippen LogP contribution is -2.27. The molecule has 2 amide bonds. The van der Waals surface area contributed by atoms with Gasteiger partial charge in [-0.3, -0.25) is 0 Å². The lowest BCUT2D eigenvalue weighted by atomic mass is 10.0. The number of amides is 2. The fourth-order valence-electron chi connectivity index (χ4n) is 1.68. The molecule has 0 aliphatic heterocycles. The number of nitrogens with one attached hydrogen (secondary N) is 1. The summed E-state index contributed by atoms with van der Waals surface area (Å²) in [7, 11) is 0. The highest BCUT2D eigenvalue weighted by Gasteiger charge is 1.99. The highest BCUT2D eigenvalue weighted by atomic mass is 16.2. The Morgan fingerprint density at radius 1 is 1.32 bits per heavy atom. The minimum absolute atomic E-state index is 0.452. The van der Waals surface area contributed by atoms with Crippen molar-refractivity contribution in [3.05, 3.63) is 72.1 Å². The molecule has 0 aliphatic carbocycles. The van der Waals surface area contributed by atoms with E-state index in [1.54, 1.807) is 12.2 Å². The third-order valence-electron chi connectivity index (χ3n) is 2.50. The van der Waals surface area contributed by atoms with Gasteiger partial charge in [0.1, 0.15) is 0 Å². The van der Waals surface area contributed by atoms with Gasteiger partial charge in [-0.05, 0) is 42.3 Å². The first-order valence-electron chi connectivity index (χ1n) is 6.00. The predicted octanol–water partition coefficient (Wildman–Crippen LogP) is 2.20. The molecule has 0 atom stereocenters. The lowest BCUT2D eigenvalue weighted by Gasteiger charge is -2.05. The van der Waals surface area contributed by atoms with Gasteiger partial charge in [-0.2, -0.15) is 0 Å². The Morgan fingerprint density at radius 3 is 2.58 bits per heavy atom. The molecule has 100 valence electrons. The summed E-state index contributed by atoms with van der Waals surface area (Å²) in [5, 5.41) is 2.42. The standard InChI is InChI=1S/C15H19N3O/c1-12(18-15(17)19)11-14(9-10-16)8-7-13-5-3-2-4-6-13/h2-6,9-11H,1,7-8,16H2,(H3,17,18,19)/b10-9-,14-11-. The van der Waals surface area contributed by atoms with Crippen LogP contribution in [0.15, 0.2) is 66.5 Å².